The first-order valence-electron chi connectivity index (χ1n) is 14.7. The van der Waals surface area contributed by atoms with E-state index in [9.17, 15) is 24.8 Å². The maximum Gasteiger partial charge on any atom is 0.228 e. The maximum absolute atomic E-state index is 13.7. The minimum absolute atomic E-state index is 0.0305. The predicted octanol–water partition coefficient (Wildman–Crippen LogP) is 5.80. The van der Waals surface area contributed by atoms with E-state index >= 15 is 0 Å². The fraction of sp³-hybridized carbons (Fsp3) is 0.758. The molecule has 2 fully saturated rings. The Labute approximate surface area is 234 Å². The molecule has 0 bridgehead atoms. The number of hydrogen-bond acceptors (Lipinski definition) is 5. The molecule has 6 atom stereocenters. The molecule has 0 aromatic rings. The van der Waals surface area contributed by atoms with Crippen LogP contribution in [0.5, 0.6) is 0 Å². The summed E-state index contributed by atoms with van der Waals surface area (Å²) in [4.78, 5) is 42.1. The smallest absolute Gasteiger partial charge is 0.228 e. The zero-order valence-corrected chi connectivity index (χ0v) is 25.5. The molecule has 214 valence electrons. The van der Waals surface area contributed by atoms with E-state index in [0.717, 1.165) is 50.5 Å². The number of Topliss-reactive ketones (excluding diaryl/α,β-unsaturated/α-hetero) is 1. The molecule has 0 heterocycles. The van der Waals surface area contributed by atoms with E-state index in [0.29, 0.717) is 6.42 Å². The van der Waals surface area contributed by atoms with E-state index in [-0.39, 0.29) is 28.6 Å². The molecule has 0 aromatic carbocycles. The molecule has 0 aliphatic heterocycles. The van der Waals surface area contributed by atoms with Crippen molar-refractivity contribution in [3.05, 3.63) is 23.3 Å². The molecule has 6 heteroatoms. The van der Waals surface area contributed by atoms with Gasteiger partial charge in [0.25, 0.3) is 0 Å². The quantitative estimate of drug-likeness (QED) is 0.490. The lowest BCUT2D eigenvalue weighted by Crippen LogP contribution is -2.62. The van der Waals surface area contributed by atoms with E-state index in [4.69, 9.17) is 0 Å². The first kappa shape index (κ1) is 29.7. The maximum atomic E-state index is 13.7. The van der Waals surface area contributed by atoms with Gasteiger partial charge in [0, 0.05) is 36.8 Å². The summed E-state index contributed by atoms with van der Waals surface area (Å²) in [6, 6.07) is 2.02. The number of hydrogen-bond donors (Lipinski definition) is 1. The van der Waals surface area contributed by atoms with Crippen molar-refractivity contribution in [2.45, 2.75) is 105 Å². The van der Waals surface area contributed by atoms with E-state index in [1.54, 1.807) is 17.1 Å². The number of rotatable bonds is 4. The van der Waals surface area contributed by atoms with Crippen LogP contribution < -0.4 is 0 Å². The van der Waals surface area contributed by atoms with Gasteiger partial charge in [-0.25, -0.2) is 0 Å². The highest BCUT2D eigenvalue weighted by atomic mass is 16.3. The third-order valence-corrected chi connectivity index (χ3v) is 12.3. The van der Waals surface area contributed by atoms with E-state index in [1.165, 1.54) is 6.92 Å². The Kier molecular flexibility index (Phi) is 6.96. The molecule has 0 saturated heterocycles. The lowest BCUT2D eigenvalue weighted by Gasteiger charge is -2.64. The number of carbonyl (C=O) groups excluding carboxylic acids is 3. The summed E-state index contributed by atoms with van der Waals surface area (Å²) in [5, 5.41) is 21.2. The van der Waals surface area contributed by atoms with E-state index in [2.05, 4.69) is 27.7 Å². The van der Waals surface area contributed by atoms with Gasteiger partial charge < -0.3 is 10.0 Å². The monoisotopic (exact) mass is 536 g/mol. The highest BCUT2D eigenvalue weighted by molar-refractivity contribution is 6.06. The molecule has 1 N–H and O–H groups in total. The number of amides is 1. The normalized spacial score (nSPS) is 40.9. The first-order valence-corrected chi connectivity index (χ1v) is 14.7. The molecule has 2 saturated carbocycles. The first-order chi connectivity index (χ1) is 17.8. The van der Waals surface area contributed by atoms with Crippen LogP contribution in [0.2, 0.25) is 0 Å². The van der Waals surface area contributed by atoms with Crippen molar-refractivity contribution in [3.8, 4) is 6.07 Å². The Balaban J connectivity index is 1.78. The molecule has 4 rings (SSSR count). The van der Waals surface area contributed by atoms with Crippen LogP contribution in [0, 0.1) is 50.2 Å². The third-order valence-electron chi connectivity index (χ3n) is 12.3. The molecule has 0 spiro atoms. The highest BCUT2D eigenvalue weighted by Crippen LogP contribution is 2.69. The van der Waals surface area contributed by atoms with Crippen LogP contribution in [0.4, 0.5) is 0 Å². The number of allylic oxidation sites excluding steroid dienone is 3. The van der Waals surface area contributed by atoms with Gasteiger partial charge in [-0.3, -0.25) is 14.4 Å². The number of carbonyl (C=O) groups is 3. The summed E-state index contributed by atoms with van der Waals surface area (Å²) < 4.78 is 0. The van der Waals surface area contributed by atoms with Gasteiger partial charge in [0.2, 0.25) is 11.7 Å². The molecule has 1 amide bonds. The number of ketones is 2. The summed E-state index contributed by atoms with van der Waals surface area (Å²) in [5.41, 5.74) is -2.60. The van der Waals surface area contributed by atoms with Gasteiger partial charge >= 0.3 is 0 Å². The van der Waals surface area contributed by atoms with Gasteiger partial charge in [-0.1, -0.05) is 53.2 Å². The van der Waals surface area contributed by atoms with Gasteiger partial charge in [-0.05, 0) is 80.6 Å². The van der Waals surface area contributed by atoms with Crippen LogP contribution in [0.3, 0.4) is 0 Å². The molecule has 1 unspecified atom stereocenters. The number of nitriles is 1. The summed E-state index contributed by atoms with van der Waals surface area (Å²) in [5.74, 6) is -0.937. The van der Waals surface area contributed by atoms with Gasteiger partial charge in [0.05, 0.1) is 5.57 Å². The zero-order valence-electron chi connectivity index (χ0n) is 25.5. The molecule has 6 nitrogen and oxygen atoms in total. The van der Waals surface area contributed by atoms with Crippen molar-refractivity contribution < 1.29 is 19.5 Å². The Morgan fingerprint density at radius 3 is 2.15 bits per heavy atom. The Morgan fingerprint density at radius 1 is 1.03 bits per heavy atom. The van der Waals surface area contributed by atoms with Gasteiger partial charge in [-0.2, -0.15) is 5.26 Å². The Bertz CT molecular complexity index is 1190. The van der Waals surface area contributed by atoms with Crippen molar-refractivity contribution in [3.63, 3.8) is 0 Å². The fourth-order valence-corrected chi connectivity index (χ4v) is 8.98. The average molecular weight is 537 g/mol. The molecule has 0 radical (unpaired) electrons. The summed E-state index contributed by atoms with van der Waals surface area (Å²) in [6.45, 7) is 14.6. The van der Waals surface area contributed by atoms with Crippen molar-refractivity contribution in [1.29, 1.82) is 5.26 Å². The van der Waals surface area contributed by atoms with Gasteiger partial charge in [0.15, 0.2) is 5.78 Å². The standard InChI is InChI=1S/C33H48N2O4/c1-21-23(36)18-25-29(4)19-22(20-34)26(37)32(7,39)24(29)10-11-31(25,6)30(21,5)14-17-33(27(38)35(8)9)15-12-28(2,3)13-16-33/h18-19,21,24,39H,10-17H2,1-9H3/t21?,24-,29+,30-,31-,32+/m1/s1. The molecule has 4 aliphatic rings. The predicted molar refractivity (Wildman–Crippen MR) is 151 cm³/mol. The molecule has 39 heavy (non-hydrogen) atoms. The molecular weight excluding hydrogens is 488 g/mol. The van der Waals surface area contributed by atoms with Crippen LogP contribution >= 0.6 is 0 Å². The van der Waals surface area contributed by atoms with Crippen LogP contribution in [-0.4, -0.2) is 47.2 Å². The Morgan fingerprint density at radius 2 is 1.62 bits per heavy atom. The molecule has 4 aliphatic carbocycles. The molecular formula is C33H48N2O4. The number of aliphatic hydroxyl groups is 1. The Hall–Kier alpha value is -2.26. The summed E-state index contributed by atoms with van der Waals surface area (Å²) >= 11 is 0. The highest BCUT2D eigenvalue weighted by Gasteiger charge is 2.65. The van der Waals surface area contributed by atoms with Crippen LogP contribution in [-0.2, 0) is 14.4 Å². The second kappa shape index (κ2) is 9.13. The zero-order chi connectivity index (χ0) is 29.4. The van der Waals surface area contributed by atoms with Crippen molar-refractivity contribution in [2.24, 2.45) is 38.9 Å². The van der Waals surface area contributed by atoms with Crippen molar-refractivity contribution in [2.75, 3.05) is 14.1 Å². The summed E-state index contributed by atoms with van der Waals surface area (Å²) in [7, 11) is 3.69. The number of fused-ring (bicyclic) bond motifs is 3. The largest absolute Gasteiger partial charge is 0.382 e. The lowest BCUT2D eigenvalue weighted by atomic mass is 9.39. The SMILES string of the molecule is CC1C(=O)C=C2[C@@]3(C)C=C(C#N)C(=O)[C@@](C)(O)[C@@H]3CC[C@@]2(C)[C@]1(C)CCC1(C(=O)N(C)C)CCC(C)(C)CC1. The minimum atomic E-state index is -1.67. The van der Waals surface area contributed by atoms with Crippen LogP contribution in [0.15, 0.2) is 23.3 Å². The average Bonchev–Trinajstić information content (AvgIpc) is 2.86. The third kappa shape index (κ3) is 4.17. The fourth-order valence-electron chi connectivity index (χ4n) is 8.98. The molecule has 0 aromatic heterocycles. The van der Waals surface area contributed by atoms with Crippen molar-refractivity contribution in [1.82, 2.24) is 4.90 Å². The lowest BCUT2D eigenvalue weighted by molar-refractivity contribution is -0.152. The van der Waals surface area contributed by atoms with Gasteiger partial charge in [0.1, 0.15) is 11.7 Å². The second-order valence-electron chi connectivity index (χ2n) is 15.1. The van der Waals surface area contributed by atoms with Crippen molar-refractivity contribution >= 4 is 17.5 Å². The second-order valence-corrected chi connectivity index (χ2v) is 15.1. The van der Waals surface area contributed by atoms with Crippen LogP contribution in [0.25, 0.3) is 0 Å². The minimum Gasteiger partial charge on any atom is -0.382 e. The summed E-state index contributed by atoms with van der Waals surface area (Å²) in [6.07, 6.45) is 10.0. The van der Waals surface area contributed by atoms with E-state index < -0.39 is 39.0 Å². The van der Waals surface area contributed by atoms with Crippen LogP contribution in [0.1, 0.15) is 99.8 Å². The topological polar surface area (TPSA) is 98.5 Å². The number of nitrogens with zero attached hydrogens (tertiary/aromatic N) is 2. The van der Waals surface area contributed by atoms with Gasteiger partial charge in [-0.15, -0.1) is 0 Å². The van der Waals surface area contributed by atoms with E-state index in [1.807, 2.05) is 34.0 Å².